The lowest BCUT2D eigenvalue weighted by molar-refractivity contribution is -0.115. The summed E-state index contributed by atoms with van der Waals surface area (Å²) >= 11 is 0. The average molecular weight is 382 g/mol. The van der Waals surface area contributed by atoms with Gasteiger partial charge < -0.3 is 15.5 Å². The molecule has 1 amide bonds. The average Bonchev–Trinajstić information content (AvgIpc) is 2.99. The molecule has 0 spiro atoms. The van der Waals surface area contributed by atoms with E-state index in [1.165, 1.54) is 12.1 Å². The normalized spacial score (nSPS) is 15.9. The molecule has 0 radical (unpaired) electrons. The van der Waals surface area contributed by atoms with Crippen LogP contribution >= 0.6 is 0 Å². The highest BCUT2D eigenvalue weighted by atomic mass is 19.1. The standard InChI is InChI=1S/C22H27FN4O/c1-4-27(5-2)11-10-24-20-9-7-17(12-15(20)3)25-14-19-18-13-16(23)6-8-21(18)26-22(19)28/h6-9,12-14,19,24H,4-5,10-11H2,1-3H3,(H,26,28). The van der Waals surface area contributed by atoms with Crippen molar-refractivity contribution in [2.75, 3.05) is 36.8 Å². The minimum atomic E-state index is -0.571. The zero-order chi connectivity index (χ0) is 20.1. The lowest BCUT2D eigenvalue weighted by Crippen LogP contribution is -2.28. The molecular formula is C22H27FN4O. The maximum Gasteiger partial charge on any atom is 0.237 e. The number of aryl methyl sites for hydroxylation is 1. The van der Waals surface area contributed by atoms with Gasteiger partial charge in [0.15, 0.2) is 0 Å². The van der Waals surface area contributed by atoms with Gasteiger partial charge >= 0.3 is 0 Å². The van der Waals surface area contributed by atoms with Crippen LogP contribution in [0, 0.1) is 12.7 Å². The number of halogens is 1. The number of fused-ring (bicyclic) bond motifs is 1. The van der Waals surface area contributed by atoms with Crippen molar-refractivity contribution in [3.63, 3.8) is 0 Å². The predicted molar refractivity (Wildman–Crippen MR) is 113 cm³/mol. The smallest absolute Gasteiger partial charge is 0.237 e. The van der Waals surface area contributed by atoms with E-state index in [1.807, 2.05) is 25.1 Å². The molecule has 2 aromatic carbocycles. The molecule has 6 heteroatoms. The van der Waals surface area contributed by atoms with Crippen LogP contribution in [0.4, 0.5) is 21.5 Å². The summed E-state index contributed by atoms with van der Waals surface area (Å²) in [6.07, 6.45) is 1.59. The molecule has 5 nitrogen and oxygen atoms in total. The molecule has 0 aliphatic carbocycles. The fraction of sp³-hybridized carbons (Fsp3) is 0.364. The Morgan fingerprint density at radius 1 is 1.21 bits per heavy atom. The second kappa shape index (κ2) is 8.97. The molecule has 3 rings (SSSR count). The molecule has 1 aliphatic heterocycles. The van der Waals surface area contributed by atoms with Crippen LogP contribution in [0.1, 0.15) is 30.9 Å². The number of hydrogen-bond acceptors (Lipinski definition) is 4. The highest BCUT2D eigenvalue weighted by Gasteiger charge is 2.29. The van der Waals surface area contributed by atoms with E-state index < -0.39 is 5.92 Å². The molecule has 148 valence electrons. The van der Waals surface area contributed by atoms with E-state index in [0.29, 0.717) is 11.3 Å². The van der Waals surface area contributed by atoms with Gasteiger partial charge in [0.2, 0.25) is 5.91 Å². The van der Waals surface area contributed by atoms with Crippen LogP contribution in [0.3, 0.4) is 0 Å². The van der Waals surface area contributed by atoms with E-state index in [-0.39, 0.29) is 11.7 Å². The van der Waals surface area contributed by atoms with Crippen molar-refractivity contribution in [3.05, 3.63) is 53.3 Å². The van der Waals surface area contributed by atoms with Gasteiger partial charge in [-0.3, -0.25) is 9.79 Å². The molecule has 1 atom stereocenters. The lowest BCUT2D eigenvalue weighted by atomic mass is 10.0. The Kier molecular flexibility index (Phi) is 6.41. The fourth-order valence-corrected chi connectivity index (χ4v) is 3.38. The summed E-state index contributed by atoms with van der Waals surface area (Å²) < 4.78 is 13.5. The molecule has 1 heterocycles. The molecular weight excluding hydrogens is 355 g/mol. The summed E-state index contributed by atoms with van der Waals surface area (Å²) in [4.78, 5) is 19.0. The Bertz CT molecular complexity index is 877. The number of nitrogens with one attached hydrogen (secondary N) is 2. The van der Waals surface area contributed by atoms with Crippen LogP contribution in [-0.2, 0) is 4.79 Å². The van der Waals surface area contributed by atoms with Crippen LogP contribution in [0.5, 0.6) is 0 Å². The van der Waals surface area contributed by atoms with Crippen molar-refractivity contribution in [2.45, 2.75) is 26.7 Å². The Labute approximate surface area is 165 Å². The zero-order valence-electron chi connectivity index (χ0n) is 16.6. The number of amides is 1. The van der Waals surface area contributed by atoms with Crippen LogP contribution in [0.15, 0.2) is 41.4 Å². The van der Waals surface area contributed by atoms with E-state index >= 15 is 0 Å². The first-order valence-electron chi connectivity index (χ1n) is 9.73. The lowest BCUT2D eigenvalue weighted by Gasteiger charge is -2.19. The third-order valence-electron chi connectivity index (χ3n) is 5.11. The predicted octanol–water partition coefficient (Wildman–Crippen LogP) is 4.33. The van der Waals surface area contributed by atoms with Gasteiger partial charge in [0.25, 0.3) is 0 Å². The Hall–Kier alpha value is -2.73. The summed E-state index contributed by atoms with van der Waals surface area (Å²) in [6, 6.07) is 10.2. The monoisotopic (exact) mass is 382 g/mol. The van der Waals surface area contributed by atoms with Crippen LogP contribution in [0.2, 0.25) is 0 Å². The third-order valence-corrected chi connectivity index (χ3v) is 5.11. The van der Waals surface area contributed by atoms with Gasteiger partial charge in [0, 0.05) is 30.7 Å². The van der Waals surface area contributed by atoms with E-state index in [9.17, 15) is 9.18 Å². The maximum absolute atomic E-state index is 13.5. The van der Waals surface area contributed by atoms with E-state index in [1.54, 1.807) is 12.3 Å². The van der Waals surface area contributed by atoms with Gasteiger partial charge in [0.05, 0.1) is 5.69 Å². The SMILES string of the molecule is CCN(CC)CCNc1ccc(N=CC2C(=O)Nc3ccc(F)cc32)cc1C. The summed E-state index contributed by atoms with van der Waals surface area (Å²) in [7, 11) is 0. The highest BCUT2D eigenvalue weighted by molar-refractivity contribution is 6.12. The second-order valence-electron chi connectivity index (χ2n) is 6.93. The Morgan fingerprint density at radius 3 is 2.71 bits per heavy atom. The molecule has 0 bridgehead atoms. The van der Waals surface area contributed by atoms with Crippen molar-refractivity contribution < 1.29 is 9.18 Å². The number of likely N-dealkylation sites (N-methyl/N-ethyl adjacent to an activating group) is 1. The zero-order valence-corrected chi connectivity index (χ0v) is 16.6. The van der Waals surface area contributed by atoms with Gasteiger partial charge in [-0.05, 0) is 67.5 Å². The van der Waals surface area contributed by atoms with E-state index in [2.05, 4.69) is 34.4 Å². The first-order valence-corrected chi connectivity index (χ1v) is 9.73. The molecule has 1 aliphatic rings. The van der Waals surface area contributed by atoms with E-state index in [4.69, 9.17) is 0 Å². The highest BCUT2D eigenvalue weighted by Crippen LogP contribution is 2.32. The second-order valence-corrected chi connectivity index (χ2v) is 6.93. The van der Waals surface area contributed by atoms with Gasteiger partial charge in [0.1, 0.15) is 11.7 Å². The Morgan fingerprint density at radius 2 is 2.00 bits per heavy atom. The topological polar surface area (TPSA) is 56.7 Å². The first kappa shape index (κ1) is 20.0. The molecule has 0 saturated heterocycles. The number of carbonyl (C=O) groups is 1. The minimum absolute atomic E-state index is 0.184. The molecule has 1 unspecified atom stereocenters. The molecule has 0 fully saturated rings. The van der Waals surface area contributed by atoms with Gasteiger partial charge in [-0.15, -0.1) is 0 Å². The van der Waals surface area contributed by atoms with Crippen LogP contribution in [-0.4, -0.2) is 43.2 Å². The molecule has 0 saturated carbocycles. The molecule has 2 N–H and O–H groups in total. The number of anilines is 2. The number of hydrogen-bond donors (Lipinski definition) is 2. The van der Waals surface area contributed by atoms with Crippen molar-refractivity contribution in [2.24, 2.45) is 4.99 Å². The van der Waals surface area contributed by atoms with Crippen molar-refractivity contribution >= 4 is 29.2 Å². The number of carbonyl (C=O) groups excluding carboxylic acids is 1. The number of rotatable bonds is 8. The van der Waals surface area contributed by atoms with Gasteiger partial charge in [-0.1, -0.05) is 13.8 Å². The minimum Gasteiger partial charge on any atom is -0.384 e. The van der Waals surface area contributed by atoms with Crippen LogP contribution < -0.4 is 10.6 Å². The first-order chi connectivity index (χ1) is 13.5. The third kappa shape index (κ3) is 4.57. The summed E-state index contributed by atoms with van der Waals surface area (Å²) in [5.41, 5.74) is 4.21. The van der Waals surface area contributed by atoms with Gasteiger partial charge in [-0.25, -0.2) is 4.39 Å². The summed E-state index contributed by atoms with van der Waals surface area (Å²) in [6.45, 7) is 10.3. The molecule has 28 heavy (non-hydrogen) atoms. The number of nitrogens with zero attached hydrogens (tertiary/aromatic N) is 2. The largest absolute Gasteiger partial charge is 0.384 e. The summed E-state index contributed by atoms with van der Waals surface area (Å²) in [5, 5.41) is 6.23. The van der Waals surface area contributed by atoms with Crippen molar-refractivity contribution in [1.29, 1.82) is 0 Å². The van der Waals surface area contributed by atoms with Crippen LogP contribution in [0.25, 0.3) is 0 Å². The van der Waals surface area contributed by atoms with Gasteiger partial charge in [-0.2, -0.15) is 0 Å². The molecule has 2 aromatic rings. The number of benzene rings is 2. The summed E-state index contributed by atoms with van der Waals surface area (Å²) in [5.74, 6) is -1.11. The Balaban J connectivity index is 1.66. The van der Waals surface area contributed by atoms with Crippen molar-refractivity contribution in [1.82, 2.24) is 4.90 Å². The number of aliphatic imine (C=N–C) groups is 1. The van der Waals surface area contributed by atoms with E-state index in [0.717, 1.165) is 43.1 Å². The molecule has 0 aromatic heterocycles. The van der Waals surface area contributed by atoms with Crippen molar-refractivity contribution in [3.8, 4) is 0 Å². The quantitative estimate of drug-likeness (QED) is 0.668. The fourth-order valence-electron chi connectivity index (χ4n) is 3.38. The maximum atomic E-state index is 13.5.